The topological polar surface area (TPSA) is 97.5 Å². The van der Waals surface area contributed by atoms with Gasteiger partial charge in [0.05, 0.1) is 5.56 Å². The van der Waals surface area contributed by atoms with E-state index in [-0.39, 0.29) is 17.0 Å². The fourth-order valence-electron chi connectivity index (χ4n) is 3.58. The Bertz CT molecular complexity index is 1160. The third-order valence-electron chi connectivity index (χ3n) is 5.32. The fraction of sp³-hybridized carbons (Fsp3) is 0.240. The molecule has 2 aromatic carbocycles. The van der Waals surface area contributed by atoms with Crippen LogP contribution in [-0.2, 0) is 11.0 Å². The van der Waals surface area contributed by atoms with Crippen LogP contribution < -0.4 is 15.8 Å². The van der Waals surface area contributed by atoms with Crippen molar-refractivity contribution >= 4 is 17.5 Å². The number of anilines is 1. The van der Waals surface area contributed by atoms with Gasteiger partial charge < -0.3 is 15.8 Å². The Balaban J connectivity index is 1.90. The number of hydrogen-bond acceptors (Lipinski definition) is 5. The second-order valence-corrected chi connectivity index (χ2v) is 7.57. The summed E-state index contributed by atoms with van der Waals surface area (Å²) in [6.07, 6.45) is -3.10. The fourth-order valence-corrected chi connectivity index (χ4v) is 3.58. The van der Waals surface area contributed by atoms with E-state index in [2.05, 4.69) is 10.3 Å². The van der Waals surface area contributed by atoms with Crippen molar-refractivity contribution in [1.82, 2.24) is 9.88 Å². The van der Waals surface area contributed by atoms with E-state index in [0.29, 0.717) is 24.5 Å². The van der Waals surface area contributed by atoms with E-state index < -0.39 is 29.6 Å². The molecule has 0 aliphatic rings. The van der Waals surface area contributed by atoms with E-state index in [4.69, 9.17) is 10.5 Å². The summed E-state index contributed by atoms with van der Waals surface area (Å²) in [5, 5.41) is 2.70. The van der Waals surface area contributed by atoms with Crippen molar-refractivity contribution in [2.75, 3.05) is 18.4 Å². The van der Waals surface area contributed by atoms with Gasteiger partial charge in [0, 0.05) is 17.4 Å². The van der Waals surface area contributed by atoms with Gasteiger partial charge >= 0.3 is 6.18 Å². The molecule has 35 heavy (non-hydrogen) atoms. The minimum atomic E-state index is -4.60. The summed E-state index contributed by atoms with van der Waals surface area (Å²) in [5.74, 6) is -0.818. The van der Waals surface area contributed by atoms with Gasteiger partial charge in [0.25, 0.3) is 5.91 Å². The monoisotopic (exact) mass is 486 g/mol. The molecule has 1 aromatic heterocycles. The third-order valence-corrected chi connectivity index (χ3v) is 5.32. The van der Waals surface area contributed by atoms with Crippen LogP contribution in [0.5, 0.6) is 11.5 Å². The first-order valence-corrected chi connectivity index (χ1v) is 10.9. The second kappa shape index (κ2) is 11.0. The molecule has 184 valence electrons. The first kappa shape index (κ1) is 25.7. The molecule has 0 radical (unpaired) electrons. The molecule has 0 saturated carbocycles. The number of nitrogens with zero attached hydrogens (tertiary/aromatic N) is 2. The first-order chi connectivity index (χ1) is 16.6. The molecule has 2 amide bonds. The maximum Gasteiger partial charge on any atom is 0.416 e. The minimum Gasteiger partial charge on any atom is -0.457 e. The van der Waals surface area contributed by atoms with E-state index in [1.54, 1.807) is 61.2 Å². The number of rotatable bonds is 9. The standard InChI is InChI=1S/C25H25F3N4O3/c1-3-32(4-2)22(23(29)33)19-15-16(25(26,27)28)8-13-21(19)35-18-11-9-17(10-12-18)31-24(34)20-7-5-6-14-30-20/h5-15,22H,3-4H2,1-2H3,(H2,29,33)(H,31,34). The summed E-state index contributed by atoms with van der Waals surface area (Å²) in [5.41, 5.74) is 5.42. The number of pyridine rings is 1. The van der Waals surface area contributed by atoms with Gasteiger partial charge in [-0.25, -0.2) is 0 Å². The summed E-state index contributed by atoms with van der Waals surface area (Å²) in [6, 6.07) is 13.1. The number of benzene rings is 2. The number of ether oxygens (including phenoxy) is 1. The van der Waals surface area contributed by atoms with Crippen LogP contribution in [0, 0.1) is 0 Å². The second-order valence-electron chi connectivity index (χ2n) is 7.57. The Labute approximate surface area is 200 Å². The molecule has 1 atom stereocenters. The highest BCUT2D eigenvalue weighted by molar-refractivity contribution is 6.02. The number of hydrogen-bond donors (Lipinski definition) is 2. The molecule has 7 nitrogen and oxygen atoms in total. The number of carbonyl (C=O) groups excluding carboxylic acids is 2. The summed E-state index contributed by atoms with van der Waals surface area (Å²) in [4.78, 5) is 30.2. The predicted molar refractivity (Wildman–Crippen MR) is 125 cm³/mol. The average Bonchev–Trinajstić information content (AvgIpc) is 2.83. The van der Waals surface area contributed by atoms with Gasteiger partial charge in [0.15, 0.2) is 0 Å². The molecule has 3 aromatic rings. The van der Waals surface area contributed by atoms with E-state index in [9.17, 15) is 22.8 Å². The molecule has 3 rings (SSSR count). The van der Waals surface area contributed by atoms with Crippen LogP contribution in [0.1, 0.15) is 41.5 Å². The lowest BCUT2D eigenvalue weighted by molar-refractivity contribution is -0.138. The number of alkyl halides is 3. The van der Waals surface area contributed by atoms with Crippen LogP contribution in [-0.4, -0.2) is 34.8 Å². The molecular formula is C25H25F3N4O3. The van der Waals surface area contributed by atoms with Crippen LogP contribution in [0.2, 0.25) is 0 Å². The third kappa shape index (κ3) is 6.36. The highest BCUT2D eigenvalue weighted by Crippen LogP contribution is 2.38. The highest BCUT2D eigenvalue weighted by Gasteiger charge is 2.34. The average molecular weight is 486 g/mol. The molecule has 0 aliphatic heterocycles. The molecule has 3 N–H and O–H groups in total. The molecule has 1 heterocycles. The molecule has 1 unspecified atom stereocenters. The van der Waals surface area contributed by atoms with Crippen LogP contribution in [0.25, 0.3) is 0 Å². The quantitative estimate of drug-likeness (QED) is 0.443. The highest BCUT2D eigenvalue weighted by atomic mass is 19.4. The molecule has 0 spiro atoms. The smallest absolute Gasteiger partial charge is 0.416 e. The zero-order chi connectivity index (χ0) is 25.6. The molecular weight excluding hydrogens is 461 g/mol. The number of likely N-dealkylation sites (N-methyl/N-ethyl adjacent to an activating group) is 1. The van der Waals surface area contributed by atoms with Crippen LogP contribution >= 0.6 is 0 Å². The summed E-state index contributed by atoms with van der Waals surface area (Å²) in [7, 11) is 0. The number of amides is 2. The number of primary amides is 1. The van der Waals surface area contributed by atoms with Crippen molar-refractivity contribution in [1.29, 1.82) is 0 Å². The van der Waals surface area contributed by atoms with Gasteiger partial charge in [0.2, 0.25) is 5.91 Å². The lowest BCUT2D eigenvalue weighted by Crippen LogP contribution is -2.38. The van der Waals surface area contributed by atoms with Crippen molar-refractivity contribution in [2.45, 2.75) is 26.1 Å². The summed E-state index contributed by atoms with van der Waals surface area (Å²) in [6.45, 7) is 4.35. The summed E-state index contributed by atoms with van der Waals surface area (Å²) < 4.78 is 46.1. The molecule has 0 fully saturated rings. The van der Waals surface area contributed by atoms with Gasteiger partial charge in [0.1, 0.15) is 23.2 Å². The number of carbonyl (C=O) groups is 2. The van der Waals surface area contributed by atoms with Crippen molar-refractivity contribution in [3.63, 3.8) is 0 Å². The number of nitrogens with one attached hydrogen (secondary N) is 1. The Hall–Kier alpha value is -3.92. The Morgan fingerprint density at radius 1 is 1.06 bits per heavy atom. The van der Waals surface area contributed by atoms with Crippen molar-refractivity contribution < 1.29 is 27.5 Å². The van der Waals surface area contributed by atoms with Crippen LogP contribution in [0.15, 0.2) is 66.9 Å². The predicted octanol–water partition coefficient (Wildman–Crippen LogP) is 5.01. The number of halogens is 3. The van der Waals surface area contributed by atoms with Crippen LogP contribution in [0.3, 0.4) is 0 Å². The van der Waals surface area contributed by atoms with Gasteiger partial charge in [-0.2, -0.15) is 13.2 Å². The lowest BCUT2D eigenvalue weighted by atomic mass is 10.00. The van der Waals surface area contributed by atoms with Crippen molar-refractivity contribution in [3.8, 4) is 11.5 Å². The van der Waals surface area contributed by atoms with Gasteiger partial charge in [-0.15, -0.1) is 0 Å². The van der Waals surface area contributed by atoms with E-state index in [0.717, 1.165) is 12.1 Å². The normalized spacial score (nSPS) is 12.3. The Morgan fingerprint density at radius 3 is 2.29 bits per heavy atom. The summed E-state index contributed by atoms with van der Waals surface area (Å²) >= 11 is 0. The first-order valence-electron chi connectivity index (χ1n) is 10.9. The molecule has 0 bridgehead atoms. The maximum absolute atomic E-state index is 13.4. The van der Waals surface area contributed by atoms with Crippen LogP contribution in [0.4, 0.5) is 18.9 Å². The van der Waals surface area contributed by atoms with Crippen molar-refractivity contribution in [2.24, 2.45) is 5.73 Å². The Kier molecular flexibility index (Phi) is 8.08. The van der Waals surface area contributed by atoms with E-state index >= 15 is 0 Å². The molecule has 0 saturated heterocycles. The molecule has 10 heteroatoms. The van der Waals surface area contributed by atoms with Crippen molar-refractivity contribution in [3.05, 3.63) is 83.7 Å². The van der Waals surface area contributed by atoms with E-state index in [1.165, 1.54) is 12.3 Å². The zero-order valence-corrected chi connectivity index (χ0v) is 19.2. The van der Waals surface area contributed by atoms with Gasteiger partial charge in [-0.05, 0) is 67.7 Å². The van der Waals surface area contributed by atoms with Gasteiger partial charge in [-0.1, -0.05) is 19.9 Å². The largest absolute Gasteiger partial charge is 0.457 e. The zero-order valence-electron chi connectivity index (χ0n) is 19.2. The number of nitrogens with two attached hydrogens (primary N) is 1. The molecule has 0 aliphatic carbocycles. The maximum atomic E-state index is 13.4. The van der Waals surface area contributed by atoms with E-state index in [1.807, 2.05) is 0 Å². The van der Waals surface area contributed by atoms with Gasteiger partial charge in [-0.3, -0.25) is 19.5 Å². The Morgan fingerprint density at radius 2 is 1.74 bits per heavy atom. The number of aromatic nitrogens is 1. The lowest BCUT2D eigenvalue weighted by Gasteiger charge is -2.29. The minimum absolute atomic E-state index is 0.0172. The SMILES string of the molecule is CCN(CC)C(C(N)=O)c1cc(C(F)(F)F)ccc1Oc1ccc(NC(=O)c2ccccn2)cc1.